The van der Waals surface area contributed by atoms with Gasteiger partial charge in [0.1, 0.15) is 5.82 Å². The summed E-state index contributed by atoms with van der Waals surface area (Å²) in [4.78, 5) is 11.0. The van der Waals surface area contributed by atoms with Gasteiger partial charge < -0.3 is 11.1 Å². The number of carbonyl (C=O) groups excluding carboxylic acids is 1. The largest absolute Gasteiger partial charge is 0.322 e. The summed E-state index contributed by atoms with van der Waals surface area (Å²) in [6.45, 7) is 3.97. The van der Waals surface area contributed by atoms with E-state index >= 15 is 0 Å². The molecule has 0 spiro atoms. The zero-order chi connectivity index (χ0) is 9.84. The fourth-order valence-corrected chi connectivity index (χ4v) is 1.02. The zero-order valence-corrected chi connectivity index (χ0v) is 7.82. The van der Waals surface area contributed by atoms with Crippen molar-refractivity contribution in [2.45, 2.75) is 19.9 Å². The Bertz CT molecular complexity index is 292. The average Bonchev–Trinajstić information content (AvgIpc) is 2.52. The van der Waals surface area contributed by atoms with Crippen LogP contribution in [0.4, 0.5) is 5.82 Å². The molecule has 13 heavy (non-hydrogen) atoms. The summed E-state index contributed by atoms with van der Waals surface area (Å²) < 4.78 is 1.73. The molecule has 0 saturated carbocycles. The van der Waals surface area contributed by atoms with E-state index < -0.39 is 0 Å². The fraction of sp³-hybridized carbons (Fsp3) is 0.500. The summed E-state index contributed by atoms with van der Waals surface area (Å²) in [5.41, 5.74) is 5.17. The van der Waals surface area contributed by atoms with Gasteiger partial charge in [-0.05, 0) is 13.8 Å². The highest BCUT2D eigenvalue weighted by molar-refractivity contribution is 5.91. The maximum absolute atomic E-state index is 11.0. The molecule has 1 heterocycles. The highest BCUT2D eigenvalue weighted by Crippen LogP contribution is 2.12. The van der Waals surface area contributed by atoms with Gasteiger partial charge in [0.25, 0.3) is 0 Å². The summed E-state index contributed by atoms with van der Waals surface area (Å²) in [6, 6.07) is 1.97. The van der Waals surface area contributed by atoms with Crippen molar-refractivity contribution < 1.29 is 4.79 Å². The third kappa shape index (κ3) is 2.29. The molecule has 1 aromatic rings. The Morgan fingerprint density at radius 2 is 2.46 bits per heavy atom. The number of carbonyl (C=O) groups is 1. The van der Waals surface area contributed by atoms with Gasteiger partial charge in [0.05, 0.1) is 12.7 Å². The lowest BCUT2D eigenvalue weighted by Crippen LogP contribution is -2.23. The average molecular weight is 182 g/mol. The van der Waals surface area contributed by atoms with E-state index in [4.69, 9.17) is 5.73 Å². The van der Waals surface area contributed by atoms with Crippen LogP contribution in [0.15, 0.2) is 12.3 Å². The highest BCUT2D eigenvalue weighted by Gasteiger charge is 2.07. The molecule has 0 saturated heterocycles. The lowest BCUT2D eigenvalue weighted by molar-refractivity contribution is -0.114. The summed E-state index contributed by atoms with van der Waals surface area (Å²) in [5, 5.41) is 6.72. The van der Waals surface area contributed by atoms with Gasteiger partial charge in [0.2, 0.25) is 5.91 Å². The lowest BCUT2D eigenvalue weighted by atomic mass is 10.4. The second-order valence-corrected chi connectivity index (χ2v) is 3.01. The first-order chi connectivity index (χ1) is 6.15. The molecule has 0 aliphatic rings. The summed E-state index contributed by atoms with van der Waals surface area (Å²) in [7, 11) is 0. The van der Waals surface area contributed by atoms with Crippen molar-refractivity contribution in [3.05, 3.63) is 12.3 Å². The van der Waals surface area contributed by atoms with Gasteiger partial charge in [-0.1, -0.05) is 0 Å². The number of nitrogens with one attached hydrogen (secondary N) is 1. The van der Waals surface area contributed by atoms with Crippen LogP contribution in [0.5, 0.6) is 0 Å². The van der Waals surface area contributed by atoms with Crippen LogP contribution in [-0.4, -0.2) is 22.2 Å². The van der Waals surface area contributed by atoms with E-state index in [0.29, 0.717) is 5.82 Å². The summed E-state index contributed by atoms with van der Waals surface area (Å²) in [6.07, 6.45) is 1.64. The lowest BCUT2D eigenvalue weighted by Gasteiger charge is -2.10. The molecule has 5 heteroatoms. The van der Waals surface area contributed by atoms with Gasteiger partial charge in [-0.2, -0.15) is 5.10 Å². The Hall–Kier alpha value is -1.36. The van der Waals surface area contributed by atoms with E-state index in [0.717, 1.165) is 0 Å². The molecule has 1 amide bonds. The monoisotopic (exact) mass is 182 g/mol. The molecule has 5 nitrogen and oxygen atoms in total. The van der Waals surface area contributed by atoms with Crippen LogP contribution in [-0.2, 0) is 4.79 Å². The number of hydrogen-bond acceptors (Lipinski definition) is 3. The van der Waals surface area contributed by atoms with Gasteiger partial charge in [-0.15, -0.1) is 0 Å². The smallest absolute Gasteiger partial charge is 0.239 e. The Morgan fingerprint density at radius 1 is 1.77 bits per heavy atom. The first kappa shape index (κ1) is 9.73. The number of nitrogens with zero attached hydrogens (tertiary/aromatic N) is 2. The molecule has 0 aliphatic carbocycles. The normalized spacial score (nSPS) is 10.5. The van der Waals surface area contributed by atoms with E-state index in [1.54, 1.807) is 16.9 Å². The Balaban J connectivity index is 2.76. The van der Waals surface area contributed by atoms with Crippen LogP contribution in [0.3, 0.4) is 0 Å². The first-order valence-corrected chi connectivity index (χ1v) is 4.18. The predicted molar refractivity (Wildman–Crippen MR) is 50.3 cm³/mol. The first-order valence-electron chi connectivity index (χ1n) is 4.18. The number of aromatic nitrogens is 2. The number of anilines is 1. The second-order valence-electron chi connectivity index (χ2n) is 3.01. The third-order valence-corrected chi connectivity index (χ3v) is 1.61. The molecule has 72 valence electrons. The SMILES string of the molecule is CC(C)n1nccc1NC(=O)CN. The Morgan fingerprint density at radius 3 is 3.00 bits per heavy atom. The molecule has 0 radical (unpaired) electrons. The topological polar surface area (TPSA) is 72.9 Å². The molecule has 0 atom stereocenters. The van der Waals surface area contributed by atoms with Crippen LogP contribution < -0.4 is 11.1 Å². The van der Waals surface area contributed by atoms with Crippen LogP contribution in [0, 0.1) is 0 Å². The van der Waals surface area contributed by atoms with Gasteiger partial charge in [-0.25, -0.2) is 4.68 Å². The van der Waals surface area contributed by atoms with Gasteiger partial charge in [0.15, 0.2) is 0 Å². The van der Waals surface area contributed by atoms with Gasteiger partial charge >= 0.3 is 0 Å². The van der Waals surface area contributed by atoms with Crippen LogP contribution in [0.1, 0.15) is 19.9 Å². The molecule has 3 N–H and O–H groups in total. The van der Waals surface area contributed by atoms with E-state index in [1.165, 1.54) is 0 Å². The Kier molecular flexibility index (Phi) is 3.02. The minimum atomic E-state index is -0.206. The maximum Gasteiger partial charge on any atom is 0.239 e. The van der Waals surface area contributed by atoms with Gasteiger partial charge in [0, 0.05) is 12.1 Å². The standard InChI is InChI=1S/C8H14N4O/c1-6(2)12-7(3-4-10-12)11-8(13)5-9/h3-4,6H,5,9H2,1-2H3,(H,11,13). The zero-order valence-electron chi connectivity index (χ0n) is 7.82. The van der Waals surface area contributed by atoms with E-state index in [2.05, 4.69) is 10.4 Å². The Labute approximate surface area is 76.9 Å². The van der Waals surface area contributed by atoms with Crippen molar-refractivity contribution in [1.29, 1.82) is 0 Å². The number of rotatable bonds is 3. The van der Waals surface area contributed by atoms with E-state index in [1.807, 2.05) is 13.8 Å². The fourth-order valence-electron chi connectivity index (χ4n) is 1.02. The van der Waals surface area contributed by atoms with Crippen molar-refractivity contribution in [3.63, 3.8) is 0 Å². The van der Waals surface area contributed by atoms with Crippen LogP contribution >= 0.6 is 0 Å². The van der Waals surface area contributed by atoms with Crippen molar-refractivity contribution >= 4 is 11.7 Å². The molecular weight excluding hydrogens is 168 g/mol. The molecule has 0 bridgehead atoms. The van der Waals surface area contributed by atoms with Crippen molar-refractivity contribution in [1.82, 2.24) is 9.78 Å². The van der Waals surface area contributed by atoms with Gasteiger partial charge in [-0.3, -0.25) is 4.79 Å². The number of amides is 1. The quantitative estimate of drug-likeness (QED) is 0.709. The number of nitrogens with two attached hydrogens (primary N) is 1. The van der Waals surface area contributed by atoms with Crippen LogP contribution in [0.2, 0.25) is 0 Å². The van der Waals surface area contributed by atoms with Crippen molar-refractivity contribution in [2.75, 3.05) is 11.9 Å². The molecular formula is C8H14N4O. The summed E-state index contributed by atoms with van der Waals surface area (Å²) >= 11 is 0. The maximum atomic E-state index is 11.0. The molecule has 0 aliphatic heterocycles. The third-order valence-electron chi connectivity index (χ3n) is 1.61. The van der Waals surface area contributed by atoms with E-state index in [-0.39, 0.29) is 18.5 Å². The van der Waals surface area contributed by atoms with E-state index in [9.17, 15) is 4.79 Å². The highest BCUT2D eigenvalue weighted by atomic mass is 16.1. The minimum Gasteiger partial charge on any atom is -0.322 e. The molecule has 1 rings (SSSR count). The van der Waals surface area contributed by atoms with Crippen molar-refractivity contribution in [2.24, 2.45) is 5.73 Å². The molecule has 0 fully saturated rings. The summed E-state index contributed by atoms with van der Waals surface area (Å²) in [5.74, 6) is 0.479. The molecule has 0 unspecified atom stereocenters. The second kappa shape index (κ2) is 4.04. The molecule has 0 aromatic carbocycles. The van der Waals surface area contributed by atoms with Crippen LogP contribution in [0.25, 0.3) is 0 Å². The minimum absolute atomic E-state index is 0.0106. The van der Waals surface area contributed by atoms with Crippen molar-refractivity contribution in [3.8, 4) is 0 Å². The predicted octanol–water partition coefficient (Wildman–Crippen LogP) is 0.361. The number of hydrogen-bond donors (Lipinski definition) is 2. The molecule has 1 aromatic heterocycles.